The van der Waals surface area contributed by atoms with Crippen molar-refractivity contribution in [1.29, 1.82) is 0 Å². The summed E-state index contributed by atoms with van der Waals surface area (Å²) in [4.78, 5) is 19.8. The molecular formula is C16H10F3N3O. The minimum atomic E-state index is -4.51. The van der Waals surface area contributed by atoms with Gasteiger partial charge in [-0.1, -0.05) is 12.1 Å². The Kier molecular flexibility index (Phi) is 3.69. The molecule has 3 aromatic rings. The van der Waals surface area contributed by atoms with E-state index in [0.717, 1.165) is 6.07 Å². The molecule has 0 aliphatic rings. The molecule has 0 unspecified atom stereocenters. The number of carbonyl (C=O) groups excluding carboxylic acids is 1. The lowest BCUT2D eigenvalue weighted by atomic mass is 10.1. The second-order valence-corrected chi connectivity index (χ2v) is 4.75. The Labute approximate surface area is 129 Å². The number of para-hydroxylation sites is 1. The molecule has 0 atom stereocenters. The first-order valence-corrected chi connectivity index (χ1v) is 6.63. The minimum Gasteiger partial charge on any atom is -0.321 e. The molecule has 1 aromatic carbocycles. The van der Waals surface area contributed by atoms with Gasteiger partial charge in [-0.3, -0.25) is 14.8 Å². The van der Waals surface area contributed by atoms with E-state index in [1.54, 1.807) is 0 Å². The van der Waals surface area contributed by atoms with E-state index >= 15 is 0 Å². The summed E-state index contributed by atoms with van der Waals surface area (Å²) in [5.41, 5.74) is -0.414. The van der Waals surface area contributed by atoms with Crippen molar-refractivity contribution in [3.8, 4) is 0 Å². The first-order chi connectivity index (χ1) is 11.0. The second-order valence-electron chi connectivity index (χ2n) is 4.75. The molecule has 0 saturated heterocycles. The molecule has 2 aromatic heterocycles. The molecule has 7 heteroatoms. The quantitative estimate of drug-likeness (QED) is 0.780. The Hall–Kier alpha value is -2.96. The lowest BCUT2D eigenvalue weighted by Crippen LogP contribution is -2.13. The van der Waals surface area contributed by atoms with Crippen molar-refractivity contribution in [2.24, 2.45) is 0 Å². The lowest BCUT2D eigenvalue weighted by Gasteiger charge is -2.12. The number of alkyl halides is 3. The van der Waals surface area contributed by atoms with Crippen LogP contribution in [0.3, 0.4) is 0 Å². The number of hydrogen-bond donors (Lipinski definition) is 1. The van der Waals surface area contributed by atoms with Gasteiger partial charge in [0.2, 0.25) is 0 Å². The van der Waals surface area contributed by atoms with Crippen LogP contribution in [-0.4, -0.2) is 15.9 Å². The molecule has 0 saturated carbocycles. The van der Waals surface area contributed by atoms with Gasteiger partial charge in [-0.15, -0.1) is 0 Å². The number of amides is 1. The first-order valence-electron chi connectivity index (χ1n) is 6.63. The molecule has 0 aliphatic carbocycles. The average Bonchev–Trinajstić information content (AvgIpc) is 2.54. The summed E-state index contributed by atoms with van der Waals surface area (Å²) in [6.07, 6.45) is -0.359. The second kappa shape index (κ2) is 5.68. The number of rotatable bonds is 2. The number of aromatic nitrogens is 2. The Balaban J connectivity index is 2.04. The molecule has 2 heterocycles. The van der Waals surface area contributed by atoms with Crippen LogP contribution in [0.25, 0.3) is 10.9 Å². The number of carbonyl (C=O) groups is 1. The third-order valence-electron chi connectivity index (χ3n) is 3.27. The van der Waals surface area contributed by atoms with Gasteiger partial charge >= 0.3 is 6.18 Å². The molecule has 4 nitrogen and oxygen atoms in total. The summed E-state index contributed by atoms with van der Waals surface area (Å²) in [6, 6.07) is 8.22. The van der Waals surface area contributed by atoms with Gasteiger partial charge in [0.15, 0.2) is 0 Å². The van der Waals surface area contributed by atoms with Gasteiger partial charge in [0.05, 0.1) is 16.8 Å². The van der Waals surface area contributed by atoms with Gasteiger partial charge < -0.3 is 5.32 Å². The highest BCUT2D eigenvalue weighted by atomic mass is 19.4. The standard InChI is InChI=1S/C16H10F3N3O/c17-16(18,19)12-3-1-2-11-13(6-9-21-14(11)12)22-15(23)10-4-7-20-8-5-10/h1-9H,(H,21,22,23). The SMILES string of the molecule is O=C(Nc1ccnc2c(C(F)(F)F)cccc12)c1ccncc1. The topological polar surface area (TPSA) is 54.9 Å². The van der Waals surface area contributed by atoms with E-state index in [1.165, 1.54) is 48.9 Å². The number of benzene rings is 1. The average molecular weight is 317 g/mol. The van der Waals surface area contributed by atoms with Gasteiger partial charge in [0.25, 0.3) is 5.91 Å². The largest absolute Gasteiger partial charge is 0.418 e. The number of nitrogens with one attached hydrogen (secondary N) is 1. The van der Waals surface area contributed by atoms with Crippen LogP contribution in [0.2, 0.25) is 0 Å². The summed E-state index contributed by atoms with van der Waals surface area (Å²) in [5, 5.41) is 2.83. The highest BCUT2D eigenvalue weighted by molar-refractivity contribution is 6.08. The molecule has 0 fully saturated rings. The van der Waals surface area contributed by atoms with E-state index in [4.69, 9.17) is 0 Å². The zero-order valence-corrected chi connectivity index (χ0v) is 11.6. The smallest absolute Gasteiger partial charge is 0.321 e. The highest BCUT2D eigenvalue weighted by Gasteiger charge is 2.33. The van der Waals surface area contributed by atoms with E-state index in [1.807, 2.05) is 0 Å². The molecule has 0 bridgehead atoms. The van der Waals surface area contributed by atoms with Crippen LogP contribution in [0.5, 0.6) is 0 Å². The van der Waals surface area contributed by atoms with Crippen molar-refractivity contribution in [1.82, 2.24) is 9.97 Å². The van der Waals surface area contributed by atoms with Crippen LogP contribution in [0.4, 0.5) is 18.9 Å². The number of nitrogens with zero attached hydrogens (tertiary/aromatic N) is 2. The van der Waals surface area contributed by atoms with Crippen molar-refractivity contribution in [3.05, 3.63) is 66.1 Å². The van der Waals surface area contributed by atoms with Gasteiger partial charge in [-0.2, -0.15) is 13.2 Å². The summed E-state index contributed by atoms with van der Waals surface area (Å²) < 4.78 is 39.1. The van der Waals surface area contributed by atoms with E-state index in [2.05, 4.69) is 15.3 Å². The van der Waals surface area contributed by atoms with Crippen LogP contribution < -0.4 is 5.32 Å². The van der Waals surface area contributed by atoms with Crippen molar-refractivity contribution in [2.45, 2.75) is 6.18 Å². The maximum atomic E-state index is 13.0. The Morgan fingerprint density at radius 2 is 1.74 bits per heavy atom. The van der Waals surface area contributed by atoms with Gasteiger partial charge in [-0.25, -0.2) is 0 Å². The van der Waals surface area contributed by atoms with Crippen LogP contribution in [0, 0.1) is 0 Å². The number of anilines is 1. The fourth-order valence-electron chi connectivity index (χ4n) is 2.21. The molecule has 0 radical (unpaired) electrons. The molecular weight excluding hydrogens is 307 g/mol. The van der Waals surface area contributed by atoms with Crippen LogP contribution in [0.1, 0.15) is 15.9 Å². The van der Waals surface area contributed by atoms with Crippen LogP contribution >= 0.6 is 0 Å². The first kappa shape index (κ1) is 15.0. The summed E-state index contributed by atoms with van der Waals surface area (Å²) in [5.74, 6) is -0.433. The van der Waals surface area contributed by atoms with Gasteiger partial charge in [0, 0.05) is 29.5 Å². The van der Waals surface area contributed by atoms with Crippen molar-refractivity contribution in [2.75, 3.05) is 5.32 Å². The summed E-state index contributed by atoms with van der Waals surface area (Å²) in [6.45, 7) is 0. The number of pyridine rings is 2. The van der Waals surface area contributed by atoms with Crippen molar-refractivity contribution >= 4 is 22.5 Å². The van der Waals surface area contributed by atoms with Gasteiger partial charge in [0.1, 0.15) is 0 Å². The molecule has 23 heavy (non-hydrogen) atoms. The fraction of sp³-hybridized carbons (Fsp3) is 0.0625. The fourth-order valence-corrected chi connectivity index (χ4v) is 2.21. The zero-order chi connectivity index (χ0) is 16.4. The third kappa shape index (κ3) is 2.98. The maximum absolute atomic E-state index is 13.0. The zero-order valence-electron chi connectivity index (χ0n) is 11.6. The predicted octanol–water partition coefficient (Wildman–Crippen LogP) is 3.90. The van der Waals surface area contributed by atoms with E-state index in [0.29, 0.717) is 5.56 Å². The minimum absolute atomic E-state index is 0.201. The van der Waals surface area contributed by atoms with Crippen LogP contribution in [-0.2, 0) is 6.18 Å². The monoisotopic (exact) mass is 317 g/mol. The van der Waals surface area contributed by atoms with E-state index in [-0.39, 0.29) is 16.6 Å². The lowest BCUT2D eigenvalue weighted by molar-refractivity contribution is -0.136. The molecule has 1 N–H and O–H groups in total. The third-order valence-corrected chi connectivity index (χ3v) is 3.27. The Morgan fingerprint density at radius 1 is 1.00 bits per heavy atom. The molecule has 116 valence electrons. The predicted molar refractivity (Wildman–Crippen MR) is 78.9 cm³/mol. The Bertz CT molecular complexity index is 863. The number of fused-ring (bicyclic) bond motifs is 1. The summed E-state index contributed by atoms with van der Waals surface area (Å²) >= 11 is 0. The van der Waals surface area contributed by atoms with E-state index < -0.39 is 17.6 Å². The normalized spacial score (nSPS) is 11.4. The van der Waals surface area contributed by atoms with Crippen LogP contribution in [0.15, 0.2) is 55.0 Å². The molecule has 0 aliphatic heterocycles. The Morgan fingerprint density at radius 3 is 2.43 bits per heavy atom. The molecule has 0 spiro atoms. The van der Waals surface area contributed by atoms with Crippen molar-refractivity contribution < 1.29 is 18.0 Å². The van der Waals surface area contributed by atoms with Crippen molar-refractivity contribution in [3.63, 3.8) is 0 Å². The number of halogens is 3. The summed E-state index contributed by atoms with van der Waals surface area (Å²) in [7, 11) is 0. The molecule has 3 rings (SSSR count). The van der Waals surface area contributed by atoms with E-state index in [9.17, 15) is 18.0 Å². The number of hydrogen-bond acceptors (Lipinski definition) is 3. The molecule has 1 amide bonds. The van der Waals surface area contributed by atoms with Gasteiger partial charge in [-0.05, 0) is 24.3 Å². The maximum Gasteiger partial charge on any atom is 0.418 e. The highest BCUT2D eigenvalue weighted by Crippen LogP contribution is 2.35.